The summed E-state index contributed by atoms with van der Waals surface area (Å²) in [6.07, 6.45) is 0.514. The summed E-state index contributed by atoms with van der Waals surface area (Å²) in [7, 11) is 3.33. The van der Waals surface area contributed by atoms with Crippen LogP contribution in [0, 0.1) is 0 Å². The lowest BCUT2D eigenvalue weighted by atomic mass is 10.1. The molecule has 5 heteroatoms. The number of nitrogens with one attached hydrogen (secondary N) is 1. The van der Waals surface area contributed by atoms with Crippen molar-refractivity contribution >= 4 is 11.8 Å². The topological polar surface area (TPSA) is 75.4 Å². The molecule has 0 bridgehead atoms. The number of hydrogen-bond donors (Lipinski definition) is 2. The van der Waals surface area contributed by atoms with Gasteiger partial charge in [0.2, 0.25) is 5.91 Å². The van der Waals surface area contributed by atoms with E-state index in [9.17, 15) is 9.59 Å². The molecule has 0 radical (unpaired) electrons. The summed E-state index contributed by atoms with van der Waals surface area (Å²) in [5.74, 6) is -0.231. The van der Waals surface area contributed by atoms with E-state index in [1.54, 1.807) is 31.1 Å². The van der Waals surface area contributed by atoms with Gasteiger partial charge in [0.1, 0.15) is 0 Å². The van der Waals surface area contributed by atoms with Gasteiger partial charge in [-0.1, -0.05) is 42.5 Å². The third-order valence-corrected chi connectivity index (χ3v) is 3.85. The Bertz CT molecular complexity index is 684. The van der Waals surface area contributed by atoms with E-state index in [4.69, 9.17) is 5.73 Å². The summed E-state index contributed by atoms with van der Waals surface area (Å²) in [4.78, 5) is 25.5. The Labute approximate surface area is 142 Å². The van der Waals surface area contributed by atoms with Crippen LogP contribution in [0.25, 0.3) is 0 Å². The first-order valence-corrected chi connectivity index (χ1v) is 7.86. The molecule has 126 valence electrons. The second-order valence-electron chi connectivity index (χ2n) is 5.77. The molecule has 0 spiro atoms. The lowest BCUT2D eigenvalue weighted by Crippen LogP contribution is -2.42. The van der Waals surface area contributed by atoms with E-state index in [1.807, 2.05) is 42.5 Å². The van der Waals surface area contributed by atoms with Crippen LogP contribution in [0.5, 0.6) is 0 Å². The number of carbonyl (C=O) groups is 2. The Morgan fingerprint density at radius 3 is 2.25 bits per heavy atom. The van der Waals surface area contributed by atoms with Crippen molar-refractivity contribution in [2.75, 3.05) is 14.1 Å². The van der Waals surface area contributed by atoms with Crippen LogP contribution >= 0.6 is 0 Å². The van der Waals surface area contributed by atoms with E-state index in [0.29, 0.717) is 18.5 Å². The maximum atomic E-state index is 12.4. The highest BCUT2D eigenvalue weighted by molar-refractivity contribution is 5.93. The summed E-state index contributed by atoms with van der Waals surface area (Å²) < 4.78 is 0. The molecule has 0 fully saturated rings. The molecule has 5 nitrogen and oxygen atoms in total. The van der Waals surface area contributed by atoms with Crippen LogP contribution in [0.4, 0.5) is 0 Å². The number of nitrogens with two attached hydrogens (primary N) is 1. The Balaban J connectivity index is 1.94. The van der Waals surface area contributed by atoms with Gasteiger partial charge in [0.05, 0.1) is 6.04 Å². The molecule has 0 aliphatic carbocycles. The third-order valence-electron chi connectivity index (χ3n) is 3.85. The fourth-order valence-corrected chi connectivity index (χ4v) is 2.50. The van der Waals surface area contributed by atoms with Crippen LogP contribution in [0.1, 0.15) is 21.5 Å². The highest BCUT2D eigenvalue weighted by Gasteiger charge is 2.18. The zero-order chi connectivity index (χ0) is 17.5. The predicted molar refractivity (Wildman–Crippen MR) is 94.4 cm³/mol. The van der Waals surface area contributed by atoms with Gasteiger partial charge >= 0.3 is 0 Å². The first-order valence-electron chi connectivity index (χ1n) is 7.86. The molecule has 3 N–H and O–H groups in total. The number of amides is 2. The molecule has 2 rings (SSSR count). The van der Waals surface area contributed by atoms with Gasteiger partial charge in [-0.25, -0.2) is 0 Å². The largest absolute Gasteiger partial charge is 0.355 e. The maximum Gasteiger partial charge on any atom is 0.251 e. The fraction of sp³-hybridized carbons (Fsp3) is 0.263. The van der Waals surface area contributed by atoms with Gasteiger partial charge in [-0.05, 0) is 29.7 Å². The molecule has 1 atom stereocenters. The summed E-state index contributed by atoms with van der Waals surface area (Å²) in [5, 5.41) is 2.58. The van der Waals surface area contributed by atoms with Crippen molar-refractivity contribution in [2.24, 2.45) is 5.73 Å². The van der Waals surface area contributed by atoms with Gasteiger partial charge in [0.15, 0.2) is 0 Å². The fourth-order valence-electron chi connectivity index (χ4n) is 2.50. The predicted octanol–water partition coefficient (Wildman–Crippen LogP) is 1.57. The van der Waals surface area contributed by atoms with Gasteiger partial charge in [-0.3, -0.25) is 9.59 Å². The molecule has 0 aliphatic rings. The molecule has 0 aromatic heterocycles. The monoisotopic (exact) mass is 325 g/mol. The highest BCUT2D eigenvalue weighted by Crippen LogP contribution is 2.09. The molecule has 24 heavy (non-hydrogen) atoms. The van der Waals surface area contributed by atoms with Crippen molar-refractivity contribution in [1.82, 2.24) is 10.2 Å². The van der Waals surface area contributed by atoms with Crippen LogP contribution in [0.15, 0.2) is 54.6 Å². The van der Waals surface area contributed by atoms with Crippen LogP contribution in [-0.4, -0.2) is 36.9 Å². The van der Waals surface area contributed by atoms with Crippen molar-refractivity contribution < 1.29 is 9.59 Å². The van der Waals surface area contributed by atoms with E-state index in [1.165, 1.54) is 0 Å². The first-order chi connectivity index (χ1) is 11.5. The quantitative estimate of drug-likeness (QED) is 0.846. The molecule has 0 aliphatic heterocycles. The maximum absolute atomic E-state index is 12.4. The number of hydrogen-bond acceptors (Lipinski definition) is 3. The first kappa shape index (κ1) is 17.7. The second-order valence-corrected chi connectivity index (χ2v) is 5.77. The zero-order valence-electron chi connectivity index (χ0n) is 14.0. The minimum atomic E-state index is -0.567. The molecular weight excluding hydrogens is 302 g/mol. The Morgan fingerprint density at radius 1 is 1.04 bits per heavy atom. The van der Waals surface area contributed by atoms with Gasteiger partial charge in [-0.2, -0.15) is 0 Å². The highest BCUT2D eigenvalue weighted by atomic mass is 16.2. The SMILES string of the molecule is CNC(=O)c1ccc(CN(C)C(=O)[C@@H](N)Cc2ccccc2)cc1. The number of benzene rings is 2. The Kier molecular flexibility index (Phi) is 6.09. The number of nitrogens with zero attached hydrogens (tertiary/aromatic N) is 1. The summed E-state index contributed by atoms with van der Waals surface area (Å²) in [6.45, 7) is 0.454. The smallest absolute Gasteiger partial charge is 0.251 e. The second kappa shape index (κ2) is 8.26. The van der Waals surface area contributed by atoms with E-state index in [2.05, 4.69) is 5.32 Å². The summed E-state index contributed by atoms with van der Waals surface area (Å²) >= 11 is 0. The van der Waals surface area contributed by atoms with Gasteiger partial charge in [-0.15, -0.1) is 0 Å². The van der Waals surface area contributed by atoms with E-state index in [0.717, 1.165) is 11.1 Å². The molecule has 0 saturated heterocycles. The van der Waals surface area contributed by atoms with Crippen molar-refractivity contribution in [2.45, 2.75) is 19.0 Å². The van der Waals surface area contributed by atoms with E-state index >= 15 is 0 Å². The molecule has 2 aromatic carbocycles. The lowest BCUT2D eigenvalue weighted by Gasteiger charge is -2.21. The standard InChI is InChI=1S/C19H23N3O2/c1-21-18(23)16-10-8-15(9-11-16)13-22(2)19(24)17(20)12-14-6-4-3-5-7-14/h3-11,17H,12-13,20H2,1-2H3,(H,21,23)/t17-/m0/s1. The average Bonchev–Trinajstić information content (AvgIpc) is 2.61. The van der Waals surface area contributed by atoms with Crippen molar-refractivity contribution in [3.05, 3.63) is 71.3 Å². The van der Waals surface area contributed by atoms with Crippen molar-refractivity contribution in [1.29, 1.82) is 0 Å². The van der Waals surface area contributed by atoms with Crippen LogP contribution < -0.4 is 11.1 Å². The van der Waals surface area contributed by atoms with Crippen LogP contribution in [-0.2, 0) is 17.8 Å². The zero-order valence-corrected chi connectivity index (χ0v) is 14.0. The number of rotatable bonds is 6. The van der Waals surface area contributed by atoms with Crippen LogP contribution in [0.3, 0.4) is 0 Å². The summed E-state index contributed by atoms with van der Waals surface area (Å²) in [5.41, 5.74) is 8.63. The van der Waals surface area contributed by atoms with Gasteiger partial charge in [0, 0.05) is 26.2 Å². The van der Waals surface area contributed by atoms with Crippen LogP contribution in [0.2, 0.25) is 0 Å². The Morgan fingerprint density at radius 2 is 1.67 bits per heavy atom. The molecule has 0 heterocycles. The normalized spacial score (nSPS) is 11.6. The molecular formula is C19H23N3O2. The lowest BCUT2D eigenvalue weighted by molar-refractivity contribution is -0.131. The molecule has 0 unspecified atom stereocenters. The third kappa shape index (κ3) is 4.67. The average molecular weight is 325 g/mol. The molecule has 0 saturated carbocycles. The number of carbonyl (C=O) groups excluding carboxylic acids is 2. The van der Waals surface area contributed by atoms with E-state index in [-0.39, 0.29) is 11.8 Å². The number of likely N-dealkylation sites (N-methyl/N-ethyl adjacent to an activating group) is 1. The van der Waals surface area contributed by atoms with Crippen molar-refractivity contribution in [3.8, 4) is 0 Å². The van der Waals surface area contributed by atoms with Gasteiger partial charge in [0.25, 0.3) is 5.91 Å². The van der Waals surface area contributed by atoms with Gasteiger partial charge < -0.3 is 16.0 Å². The Hall–Kier alpha value is -2.66. The van der Waals surface area contributed by atoms with E-state index < -0.39 is 6.04 Å². The molecule has 2 amide bonds. The van der Waals surface area contributed by atoms with Crippen molar-refractivity contribution in [3.63, 3.8) is 0 Å². The minimum absolute atomic E-state index is 0.103. The molecule has 2 aromatic rings. The summed E-state index contributed by atoms with van der Waals surface area (Å²) in [6, 6.07) is 16.3. The minimum Gasteiger partial charge on any atom is -0.355 e.